The third-order valence-electron chi connectivity index (χ3n) is 3.39. The fourth-order valence-electron chi connectivity index (χ4n) is 2.00. The van der Waals surface area contributed by atoms with Crippen molar-refractivity contribution in [3.8, 4) is 0 Å². The van der Waals surface area contributed by atoms with Crippen LogP contribution in [-0.2, 0) is 6.18 Å². The molecule has 4 nitrogen and oxygen atoms in total. The molecule has 0 unspecified atom stereocenters. The number of aryl methyl sites for hydroxylation is 1. The topological polar surface area (TPSA) is 49.8 Å². The number of benzene rings is 1. The maximum atomic E-state index is 13.0. The summed E-state index contributed by atoms with van der Waals surface area (Å²) in [4.78, 5) is 7.67. The van der Waals surface area contributed by atoms with Crippen LogP contribution in [0.3, 0.4) is 0 Å². The van der Waals surface area contributed by atoms with Gasteiger partial charge in [-0.05, 0) is 37.5 Å². The van der Waals surface area contributed by atoms with Gasteiger partial charge in [0, 0.05) is 22.8 Å². The third kappa shape index (κ3) is 4.04. The molecule has 1 heterocycles. The van der Waals surface area contributed by atoms with E-state index >= 15 is 0 Å². The summed E-state index contributed by atoms with van der Waals surface area (Å²) in [5, 5.41) is 6.26. The van der Waals surface area contributed by atoms with Crippen molar-refractivity contribution in [2.24, 2.45) is 0 Å². The summed E-state index contributed by atoms with van der Waals surface area (Å²) < 4.78 is 39.0. The highest BCUT2D eigenvalue weighted by Gasteiger charge is 2.34. The minimum atomic E-state index is -4.54. The van der Waals surface area contributed by atoms with Gasteiger partial charge in [0.2, 0.25) is 5.95 Å². The molecule has 1 saturated carbocycles. The Balaban J connectivity index is 1.94. The lowest BCUT2D eigenvalue weighted by Crippen LogP contribution is -2.14. The number of hydrogen-bond donors (Lipinski definition) is 2. The Labute approximate surface area is 136 Å². The predicted octanol–water partition coefficient (Wildman–Crippen LogP) is 4.78. The molecular weight excluding hydrogens is 329 g/mol. The van der Waals surface area contributed by atoms with Crippen LogP contribution in [0.15, 0.2) is 24.3 Å². The fraction of sp³-hybridized carbons (Fsp3) is 0.333. The number of aromatic nitrogens is 2. The molecule has 2 N–H and O–H groups in total. The van der Waals surface area contributed by atoms with E-state index in [0.717, 1.165) is 24.5 Å². The van der Waals surface area contributed by atoms with E-state index in [1.807, 2.05) is 6.92 Å². The molecule has 0 spiro atoms. The van der Waals surface area contributed by atoms with Crippen molar-refractivity contribution in [3.63, 3.8) is 0 Å². The molecule has 0 aliphatic heterocycles. The maximum Gasteiger partial charge on any atom is 0.433 e. The number of rotatable bonds is 4. The Morgan fingerprint density at radius 2 is 1.91 bits per heavy atom. The van der Waals surface area contributed by atoms with Crippen molar-refractivity contribution in [2.75, 3.05) is 10.6 Å². The Morgan fingerprint density at radius 1 is 1.17 bits per heavy atom. The van der Waals surface area contributed by atoms with Crippen molar-refractivity contribution in [2.45, 2.75) is 32.0 Å². The molecule has 1 aliphatic rings. The second kappa shape index (κ2) is 5.88. The Morgan fingerprint density at radius 3 is 2.57 bits per heavy atom. The highest BCUT2D eigenvalue weighted by molar-refractivity contribution is 6.30. The summed E-state index contributed by atoms with van der Waals surface area (Å²) in [5.74, 6) is 0.0466. The number of halogens is 4. The highest BCUT2D eigenvalue weighted by atomic mass is 35.5. The molecule has 1 aromatic heterocycles. The summed E-state index contributed by atoms with van der Waals surface area (Å²) in [6, 6.07) is 6.17. The van der Waals surface area contributed by atoms with Crippen molar-refractivity contribution in [3.05, 3.63) is 40.5 Å². The normalized spacial score (nSPS) is 14.7. The van der Waals surface area contributed by atoms with Crippen LogP contribution in [0.1, 0.15) is 24.1 Å². The van der Waals surface area contributed by atoms with Gasteiger partial charge in [0.05, 0.1) is 0 Å². The second-order valence-electron chi connectivity index (χ2n) is 5.46. The molecule has 8 heteroatoms. The number of alkyl halides is 3. The van der Waals surface area contributed by atoms with E-state index in [4.69, 9.17) is 11.6 Å². The zero-order valence-electron chi connectivity index (χ0n) is 12.2. The molecule has 1 aromatic carbocycles. The third-order valence-corrected chi connectivity index (χ3v) is 3.62. The van der Waals surface area contributed by atoms with Gasteiger partial charge in [0.1, 0.15) is 5.82 Å². The van der Waals surface area contributed by atoms with Crippen LogP contribution in [-0.4, -0.2) is 16.0 Å². The molecule has 2 aromatic rings. The molecule has 1 aliphatic carbocycles. The highest BCUT2D eigenvalue weighted by Crippen LogP contribution is 2.32. The lowest BCUT2D eigenvalue weighted by atomic mass is 10.2. The van der Waals surface area contributed by atoms with E-state index in [2.05, 4.69) is 20.6 Å². The molecular formula is C15H14ClF3N4. The van der Waals surface area contributed by atoms with Gasteiger partial charge in [0.25, 0.3) is 0 Å². The SMILES string of the molecule is Cc1ccc(Cl)cc1Nc1cc(C(F)(F)F)nc(NC2CC2)n1. The van der Waals surface area contributed by atoms with Gasteiger partial charge in [0.15, 0.2) is 5.69 Å². The number of nitrogens with one attached hydrogen (secondary N) is 2. The van der Waals surface area contributed by atoms with Crippen LogP contribution in [0.5, 0.6) is 0 Å². The first kappa shape index (κ1) is 15.9. The molecule has 1 fully saturated rings. The molecule has 122 valence electrons. The van der Waals surface area contributed by atoms with Gasteiger partial charge in [-0.3, -0.25) is 0 Å². The lowest BCUT2D eigenvalue weighted by Gasteiger charge is -2.14. The van der Waals surface area contributed by atoms with Crippen LogP contribution < -0.4 is 10.6 Å². The van der Waals surface area contributed by atoms with E-state index in [1.54, 1.807) is 18.2 Å². The van der Waals surface area contributed by atoms with Gasteiger partial charge in [-0.2, -0.15) is 18.2 Å². The van der Waals surface area contributed by atoms with Crippen molar-refractivity contribution < 1.29 is 13.2 Å². The minimum absolute atomic E-state index is 0.0236. The summed E-state index contributed by atoms with van der Waals surface area (Å²) in [6.07, 6.45) is -2.71. The molecule has 23 heavy (non-hydrogen) atoms. The Hall–Kier alpha value is -2.02. The van der Waals surface area contributed by atoms with Crippen LogP contribution in [0.4, 0.5) is 30.6 Å². The first-order valence-electron chi connectivity index (χ1n) is 7.07. The number of anilines is 3. The van der Waals surface area contributed by atoms with Crippen molar-refractivity contribution in [1.29, 1.82) is 0 Å². The molecule has 0 radical (unpaired) electrons. The maximum absolute atomic E-state index is 13.0. The van der Waals surface area contributed by atoms with Gasteiger partial charge < -0.3 is 10.6 Å². The monoisotopic (exact) mass is 342 g/mol. The quantitative estimate of drug-likeness (QED) is 0.840. The summed E-state index contributed by atoms with van der Waals surface area (Å²) in [6.45, 7) is 1.83. The van der Waals surface area contributed by atoms with E-state index in [9.17, 15) is 13.2 Å². The van der Waals surface area contributed by atoms with Crippen molar-refractivity contribution in [1.82, 2.24) is 9.97 Å². The minimum Gasteiger partial charge on any atom is -0.351 e. The van der Waals surface area contributed by atoms with Gasteiger partial charge in [-0.15, -0.1) is 0 Å². The number of hydrogen-bond acceptors (Lipinski definition) is 4. The van der Waals surface area contributed by atoms with Crippen LogP contribution in [0.25, 0.3) is 0 Å². The Bertz CT molecular complexity index is 729. The van der Waals surface area contributed by atoms with Crippen LogP contribution in [0.2, 0.25) is 5.02 Å². The van der Waals surface area contributed by atoms with E-state index in [0.29, 0.717) is 10.7 Å². The van der Waals surface area contributed by atoms with Crippen molar-refractivity contribution >= 4 is 29.1 Å². The molecule has 0 bridgehead atoms. The average Bonchev–Trinajstić information content (AvgIpc) is 3.26. The predicted molar refractivity (Wildman–Crippen MR) is 83.2 cm³/mol. The van der Waals surface area contributed by atoms with Gasteiger partial charge in [-0.1, -0.05) is 17.7 Å². The zero-order chi connectivity index (χ0) is 16.6. The van der Waals surface area contributed by atoms with Gasteiger partial charge >= 0.3 is 6.18 Å². The molecule has 3 rings (SSSR count). The molecule has 0 atom stereocenters. The van der Waals surface area contributed by atoms with E-state index in [-0.39, 0.29) is 17.8 Å². The average molecular weight is 343 g/mol. The van der Waals surface area contributed by atoms with Crippen LogP contribution >= 0.6 is 11.6 Å². The first-order chi connectivity index (χ1) is 10.8. The van der Waals surface area contributed by atoms with E-state index in [1.165, 1.54) is 0 Å². The largest absolute Gasteiger partial charge is 0.433 e. The first-order valence-corrected chi connectivity index (χ1v) is 7.45. The number of nitrogens with zero attached hydrogens (tertiary/aromatic N) is 2. The van der Waals surface area contributed by atoms with E-state index < -0.39 is 11.9 Å². The Kier molecular flexibility index (Phi) is 4.06. The second-order valence-corrected chi connectivity index (χ2v) is 5.90. The smallest absolute Gasteiger partial charge is 0.351 e. The summed E-state index contributed by atoms with van der Waals surface area (Å²) >= 11 is 5.93. The molecule has 0 saturated heterocycles. The van der Waals surface area contributed by atoms with Gasteiger partial charge in [-0.25, -0.2) is 4.98 Å². The standard InChI is InChI=1S/C15H14ClF3N4/c1-8-2-3-9(16)6-11(8)21-13-7-12(15(17,18)19)22-14(23-13)20-10-4-5-10/h2-3,6-7,10H,4-5H2,1H3,(H2,20,21,22,23). The summed E-state index contributed by atoms with van der Waals surface area (Å²) in [7, 11) is 0. The van der Waals surface area contributed by atoms with Crippen LogP contribution in [0, 0.1) is 6.92 Å². The summed E-state index contributed by atoms with van der Waals surface area (Å²) in [5.41, 5.74) is 0.456. The molecule has 0 amide bonds. The lowest BCUT2D eigenvalue weighted by molar-refractivity contribution is -0.141. The fourth-order valence-corrected chi connectivity index (χ4v) is 2.17. The zero-order valence-corrected chi connectivity index (χ0v) is 13.0.